The normalized spacial score (nSPS) is 24.2. The molecule has 0 aliphatic carbocycles. The second-order valence-corrected chi connectivity index (χ2v) is 9.13. The van der Waals surface area contributed by atoms with Crippen molar-refractivity contribution < 1.29 is 17.9 Å². The van der Waals surface area contributed by atoms with Gasteiger partial charge in [-0.3, -0.25) is 4.79 Å². The average molecular weight is 366 g/mol. The fraction of sp³-hybridized carbons (Fsp3) is 0.611. The molecule has 1 saturated heterocycles. The lowest BCUT2D eigenvalue weighted by atomic mass is 9.94. The SMILES string of the molecule is CN(CC1CCCN(C(=O)C2OCCc3ccccc32)C1)S(C)(=O)=O. The van der Waals surface area contributed by atoms with E-state index in [0.29, 0.717) is 26.2 Å². The van der Waals surface area contributed by atoms with Crippen LogP contribution in [0.2, 0.25) is 0 Å². The van der Waals surface area contributed by atoms with Gasteiger partial charge in [0.1, 0.15) is 0 Å². The highest BCUT2D eigenvalue weighted by Crippen LogP contribution is 2.30. The summed E-state index contributed by atoms with van der Waals surface area (Å²) in [5.74, 6) is 0.162. The van der Waals surface area contributed by atoms with E-state index in [1.807, 2.05) is 23.1 Å². The van der Waals surface area contributed by atoms with Gasteiger partial charge in [-0.25, -0.2) is 12.7 Å². The lowest BCUT2D eigenvalue weighted by Crippen LogP contribution is -2.46. The second kappa shape index (κ2) is 7.43. The molecule has 0 bridgehead atoms. The van der Waals surface area contributed by atoms with Gasteiger partial charge in [0.05, 0.1) is 12.9 Å². The molecule has 2 unspecified atom stereocenters. The topological polar surface area (TPSA) is 66.9 Å². The Morgan fingerprint density at radius 3 is 2.88 bits per heavy atom. The van der Waals surface area contributed by atoms with Crippen LogP contribution in [0.25, 0.3) is 0 Å². The molecule has 2 aliphatic rings. The second-order valence-electron chi connectivity index (χ2n) is 7.04. The maximum absolute atomic E-state index is 13.0. The summed E-state index contributed by atoms with van der Waals surface area (Å²) in [6.45, 7) is 2.30. The first-order valence-corrected chi connectivity index (χ1v) is 10.6. The molecule has 138 valence electrons. The van der Waals surface area contributed by atoms with Crippen LogP contribution in [0, 0.1) is 5.92 Å². The van der Waals surface area contributed by atoms with Crippen molar-refractivity contribution in [3.05, 3.63) is 35.4 Å². The Hall–Kier alpha value is -1.44. The van der Waals surface area contributed by atoms with E-state index in [9.17, 15) is 13.2 Å². The third kappa shape index (κ3) is 4.22. The van der Waals surface area contributed by atoms with Crippen molar-refractivity contribution >= 4 is 15.9 Å². The van der Waals surface area contributed by atoms with Crippen LogP contribution >= 0.6 is 0 Å². The van der Waals surface area contributed by atoms with Gasteiger partial charge in [-0.2, -0.15) is 0 Å². The summed E-state index contributed by atoms with van der Waals surface area (Å²) in [6.07, 6.45) is 3.35. The van der Waals surface area contributed by atoms with Crippen LogP contribution in [-0.4, -0.2) is 63.1 Å². The van der Waals surface area contributed by atoms with Gasteiger partial charge in [0.2, 0.25) is 10.0 Å². The van der Waals surface area contributed by atoms with Gasteiger partial charge in [0, 0.05) is 26.7 Å². The zero-order chi connectivity index (χ0) is 18.0. The monoisotopic (exact) mass is 366 g/mol. The zero-order valence-electron chi connectivity index (χ0n) is 14.8. The minimum Gasteiger partial charge on any atom is -0.363 e. The van der Waals surface area contributed by atoms with Crippen molar-refractivity contribution in [3.8, 4) is 0 Å². The zero-order valence-corrected chi connectivity index (χ0v) is 15.7. The number of piperidine rings is 1. The highest BCUT2D eigenvalue weighted by atomic mass is 32.2. The minimum atomic E-state index is -3.20. The highest BCUT2D eigenvalue weighted by molar-refractivity contribution is 7.88. The van der Waals surface area contributed by atoms with E-state index >= 15 is 0 Å². The van der Waals surface area contributed by atoms with Gasteiger partial charge in [-0.05, 0) is 36.3 Å². The molecule has 0 saturated carbocycles. The Labute approximate surface area is 149 Å². The van der Waals surface area contributed by atoms with Crippen LogP contribution in [0.5, 0.6) is 0 Å². The van der Waals surface area contributed by atoms with Crippen LogP contribution in [-0.2, 0) is 26.0 Å². The van der Waals surface area contributed by atoms with Gasteiger partial charge >= 0.3 is 0 Å². The summed E-state index contributed by atoms with van der Waals surface area (Å²) < 4.78 is 30.4. The fourth-order valence-electron chi connectivity index (χ4n) is 3.68. The van der Waals surface area contributed by atoms with Crippen LogP contribution in [0.4, 0.5) is 0 Å². The number of carbonyl (C=O) groups is 1. The minimum absolute atomic E-state index is 0.00106. The van der Waals surface area contributed by atoms with E-state index in [1.54, 1.807) is 7.05 Å². The molecule has 1 aromatic rings. The highest BCUT2D eigenvalue weighted by Gasteiger charge is 2.34. The summed E-state index contributed by atoms with van der Waals surface area (Å²) in [7, 11) is -1.60. The summed E-state index contributed by atoms with van der Waals surface area (Å²) in [5, 5.41) is 0. The van der Waals surface area contributed by atoms with E-state index in [-0.39, 0.29) is 11.8 Å². The fourth-order valence-corrected chi connectivity index (χ4v) is 4.16. The number of carbonyl (C=O) groups excluding carboxylic acids is 1. The third-order valence-corrected chi connectivity index (χ3v) is 6.41. The predicted octanol–water partition coefficient (Wildman–Crippen LogP) is 1.43. The maximum atomic E-state index is 13.0. The number of amides is 1. The van der Waals surface area contributed by atoms with E-state index < -0.39 is 16.1 Å². The number of hydrogen-bond acceptors (Lipinski definition) is 4. The molecule has 1 fully saturated rings. The number of fused-ring (bicyclic) bond motifs is 1. The molecule has 2 heterocycles. The Morgan fingerprint density at radius 2 is 2.12 bits per heavy atom. The predicted molar refractivity (Wildman–Crippen MR) is 95.6 cm³/mol. The smallest absolute Gasteiger partial charge is 0.256 e. The van der Waals surface area contributed by atoms with Crippen molar-refractivity contribution in [3.63, 3.8) is 0 Å². The standard InChI is InChI=1S/C18H26N2O4S/c1-19(25(2,22)23)12-14-6-5-10-20(13-14)18(21)17-16-8-4-3-7-15(16)9-11-24-17/h3-4,7-8,14,17H,5-6,9-13H2,1-2H3. The molecule has 1 aromatic carbocycles. The largest absolute Gasteiger partial charge is 0.363 e. The molecule has 0 aromatic heterocycles. The summed E-state index contributed by atoms with van der Waals surface area (Å²) in [4.78, 5) is 14.9. The van der Waals surface area contributed by atoms with Crippen LogP contribution in [0.3, 0.4) is 0 Å². The molecule has 0 spiro atoms. The van der Waals surface area contributed by atoms with Crippen molar-refractivity contribution in [2.75, 3.05) is 39.5 Å². The maximum Gasteiger partial charge on any atom is 0.256 e. The van der Waals surface area contributed by atoms with E-state index in [4.69, 9.17) is 4.74 Å². The average Bonchev–Trinajstić information content (AvgIpc) is 2.60. The van der Waals surface area contributed by atoms with E-state index in [1.165, 1.54) is 16.1 Å². The molecule has 6 nitrogen and oxygen atoms in total. The lowest BCUT2D eigenvalue weighted by Gasteiger charge is -2.37. The summed E-state index contributed by atoms with van der Waals surface area (Å²) in [5.41, 5.74) is 2.14. The Balaban J connectivity index is 1.69. The van der Waals surface area contributed by atoms with Gasteiger partial charge in [-0.15, -0.1) is 0 Å². The molecule has 0 radical (unpaired) electrons. The summed E-state index contributed by atoms with van der Waals surface area (Å²) in [6, 6.07) is 7.95. The third-order valence-electron chi connectivity index (χ3n) is 5.13. The quantitative estimate of drug-likeness (QED) is 0.809. The number of rotatable bonds is 4. The molecule has 2 aliphatic heterocycles. The van der Waals surface area contributed by atoms with E-state index in [0.717, 1.165) is 24.8 Å². The lowest BCUT2D eigenvalue weighted by molar-refractivity contribution is -0.147. The number of benzene rings is 1. The van der Waals surface area contributed by atoms with Gasteiger partial charge in [0.15, 0.2) is 6.10 Å². The van der Waals surface area contributed by atoms with Gasteiger partial charge in [0.25, 0.3) is 5.91 Å². The number of nitrogens with zero attached hydrogens (tertiary/aromatic N) is 2. The first-order valence-electron chi connectivity index (χ1n) is 8.76. The Kier molecular flexibility index (Phi) is 5.46. The Bertz CT molecular complexity index is 734. The van der Waals surface area contributed by atoms with Crippen molar-refractivity contribution in [2.45, 2.75) is 25.4 Å². The van der Waals surface area contributed by atoms with Crippen molar-refractivity contribution in [1.82, 2.24) is 9.21 Å². The molecule has 2 atom stereocenters. The Morgan fingerprint density at radius 1 is 1.36 bits per heavy atom. The van der Waals surface area contributed by atoms with E-state index in [2.05, 4.69) is 6.07 Å². The molecular weight excluding hydrogens is 340 g/mol. The van der Waals surface area contributed by atoms with Gasteiger partial charge < -0.3 is 9.64 Å². The molecule has 25 heavy (non-hydrogen) atoms. The first kappa shape index (κ1) is 18.4. The number of ether oxygens (including phenoxy) is 1. The molecular formula is C18H26N2O4S. The summed E-state index contributed by atoms with van der Waals surface area (Å²) >= 11 is 0. The molecule has 7 heteroatoms. The molecule has 3 rings (SSSR count). The van der Waals surface area contributed by atoms with Crippen molar-refractivity contribution in [1.29, 1.82) is 0 Å². The van der Waals surface area contributed by atoms with Crippen molar-refractivity contribution in [2.24, 2.45) is 5.92 Å². The van der Waals surface area contributed by atoms with Crippen LogP contribution in [0.1, 0.15) is 30.1 Å². The molecule has 1 amide bonds. The van der Waals surface area contributed by atoms with Gasteiger partial charge in [-0.1, -0.05) is 24.3 Å². The van der Waals surface area contributed by atoms with Crippen LogP contribution in [0.15, 0.2) is 24.3 Å². The first-order chi connectivity index (χ1) is 11.9. The number of hydrogen-bond donors (Lipinski definition) is 0. The van der Waals surface area contributed by atoms with Crippen LogP contribution < -0.4 is 0 Å². The number of likely N-dealkylation sites (tertiary alicyclic amines) is 1. The molecule has 0 N–H and O–H groups in total. The number of sulfonamides is 1.